The second-order valence-corrected chi connectivity index (χ2v) is 9.34. The molecule has 0 saturated carbocycles. The molecule has 1 aromatic carbocycles. The van der Waals surface area contributed by atoms with E-state index in [0.29, 0.717) is 54.8 Å². The van der Waals surface area contributed by atoms with E-state index in [2.05, 4.69) is 5.32 Å². The van der Waals surface area contributed by atoms with Crippen LogP contribution < -0.4 is 10.2 Å². The van der Waals surface area contributed by atoms with Gasteiger partial charge in [0.2, 0.25) is 5.91 Å². The van der Waals surface area contributed by atoms with Gasteiger partial charge in [0.1, 0.15) is 10.7 Å². The van der Waals surface area contributed by atoms with Crippen LogP contribution in [0.5, 0.6) is 0 Å². The van der Waals surface area contributed by atoms with Crippen LogP contribution in [0.3, 0.4) is 0 Å². The van der Waals surface area contributed by atoms with Crippen LogP contribution >= 0.6 is 11.3 Å². The lowest BCUT2D eigenvalue weighted by molar-refractivity contribution is -0.384. The van der Waals surface area contributed by atoms with Crippen molar-refractivity contribution >= 4 is 45.5 Å². The Balaban J connectivity index is 1.84. The van der Waals surface area contributed by atoms with Gasteiger partial charge in [0.25, 0.3) is 11.6 Å². The molecule has 1 saturated heterocycles. The van der Waals surface area contributed by atoms with Crippen molar-refractivity contribution in [3.63, 3.8) is 0 Å². The maximum absolute atomic E-state index is 13.0. The van der Waals surface area contributed by atoms with E-state index < -0.39 is 16.8 Å². The highest BCUT2D eigenvalue weighted by Crippen LogP contribution is 2.33. The molecule has 0 radical (unpaired) electrons. The first kappa shape index (κ1) is 25.2. The van der Waals surface area contributed by atoms with Crippen molar-refractivity contribution in [2.75, 3.05) is 43.5 Å². The van der Waals surface area contributed by atoms with E-state index in [0.717, 1.165) is 5.56 Å². The Kier molecular flexibility index (Phi) is 7.87. The summed E-state index contributed by atoms with van der Waals surface area (Å²) in [5, 5.41) is 16.7. The van der Waals surface area contributed by atoms with Crippen LogP contribution in [0.4, 0.5) is 16.4 Å². The van der Waals surface area contributed by atoms with Crippen LogP contribution in [0, 0.1) is 16.0 Å². The lowest BCUT2D eigenvalue weighted by Crippen LogP contribution is -2.48. The van der Waals surface area contributed by atoms with Gasteiger partial charge in [-0.1, -0.05) is 13.8 Å². The largest absolute Gasteiger partial charge is 0.465 e. The van der Waals surface area contributed by atoms with Crippen LogP contribution in [0.1, 0.15) is 47.1 Å². The SMILES string of the molecule is COC(=O)c1c(CC(C)C)csc1NC(=O)c1ccc(N2CCN(C(C)=O)CC2)c([N+](=O)[O-])c1. The molecule has 2 heterocycles. The number of nitro benzene ring substituents is 1. The minimum absolute atomic E-state index is 0.0300. The number of carbonyl (C=O) groups is 3. The minimum Gasteiger partial charge on any atom is -0.465 e. The number of carbonyl (C=O) groups excluding carboxylic acids is 3. The van der Waals surface area contributed by atoms with Crippen molar-refractivity contribution in [1.82, 2.24) is 4.90 Å². The van der Waals surface area contributed by atoms with Crippen molar-refractivity contribution in [2.45, 2.75) is 27.2 Å². The molecule has 10 nitrogen and oxygen atoms in total. The summed E-state index contributed by atoms with van der Waals surface area (Å²) in [6.07, 6.45) is 0.647. The molecule has 2 amide bonds. The predicted octanol–water partition coefficient (Wildman–Crippen LogP) is 3.56. The number of nitrogens with zero attached hydrogens (tertiary/aromatic N) is 3. The highest BCUT2D eigenvalue weighted by molar-refractivity contribution is 7.15. The molecule has 1 fully saturated rings. The van der Waals surface area contributed by atoms with Crippen molar-refractivity contribution in [1.29, 1.82) is 0 Å². The monoisotopic (exact) mass is 488 g/mol. The zero-order valence-electron chi connectivity index (χ0n) is 19.6. The van der Waals surface area contributed by atoms with Crippen molar-refractivity contribution in [2.24, 2.45) is 5.92 Å². The van der Waals surface area contributed by atoms with Gasteiger partial charge < -0.3 is 19.9 Å². The lowest BCUT2D eigenvalue weighted by Gasteiger charge is -2.35. The molecule has 2 aromatic rings. The molecule has 182 valence electrons. The van der Waals surface area contributed by atoms with E-state index in [1.54, 1.807) is 11.0 Å². The van der Waals surface area contributed by atoms with E-state index in [1.807, 2.05) is 24.1 Å². The summed E-state index contributed by atoms with van der Waals surface area (Å²) in [7, 11) is 1.28. The van der Waals surface area contributed by atoms with Crippen LogP contribution in [-0.4, -0.2) is 60.9 Å². The molecule has 11 heteroatoms. The van der Waals surface area contributed by atoms with Gasteiger partial charge in [0, 0.05) is 44.7 Å². The Hall–Kier alpha value is -3.47. The van der Waals surface area contributed by atoms with E-state index in [9.17, 15) is 24.5 Å². The van der Waals surface area contributed by atoms with Crippen LogP contribution in [0.25, 0.3) is 0 Å². The van der Waals surface area contributed by atoms with Crippen molar-refractivity contribution in [3.8, 4) is 0 Å². The van der Waals surface area contributed by atoms with Crippen LogP contribution in [0.2, 0.25) is 0 Å². The second kappa shape index (κ2) is 10.6. The number of benzene rings is 1. The summed E-state index contributed by atoms with van der Waals surface area (Å²) in [4.78, 5) is 51.7. The molecule has 0 unspecified atom stereocenters. The number of esters is 1. The van der Waals surface area contributed by atoms with Gasteiger partial charge in [-0.05, 0) is 35.4 Å². The molecule has 1 aliphatic rings. The standard InChI is InChI=1S/C23H28N4O6S/c1-14(2)11-17-13-34-22(20(17)23(30)33-4)24-21(29)16-5-6-18(19(12-16)27(31)32)26-9-7-25(8-10-26)15(3)28/h5-6,12-14H,7-11H2,1-4H3,(H,24,29). The molecular formula is C23H28N4O6S. The van der Waals surface area contributed by atoms with Crippen LogP contribution in [-0.2, 0) is 16.0 Å². The molecule has 1 aromatic heterocycles. The minimum atomic E-state index is -0.556. The van der Waals surface area contributed by atoms with E-state index in [1.165, 1.54) is 37.5 Å². The number of rotatable bonds is 7. The highest BCUT2D eigenvalue weighted by Gasteiger charge is 2.27. The Labute approximate surface area is 201 Å². The number of nitro groups is 1. The average Bonchev–Trinajstić information content (AvgIpc) is 3.19. The number of nitrogens with one attached hydrogen (secondary N) is 1. The fraction of sp³-hybridized carbons (Fsp3) is 0.435. The number of hydrogen-bond acceptors (Lipinski definition) is 8. The molecule has 34 heavy (non-hydrogen) atoms. The first-order valence-electron chi connectivity index (χ1n) is 10.9. The van der Waals surface area contributed by atoms with Crippen LogP contribution in [0.15, 0.2) is 23.6 Å². The number of hydrogen-bond donors (Lipinski definition) is 1. The number of ether oxygens (including phenoxy) is 1. The quantitative estimate of drug-likeness (QED) is 0.359. The molecule has 1 N–H and O–H groups in total. The third-order valence-corrected chi connectivity index (χ3v) is 6.56. The molecule has 1 aliphatic heterocycles. The fourth-order valence-electron chi connectivity index (χ4n) is 3.92. The van der Waals surface area contributed by atoms with Crippen molar-refractivity contribution < 1.29 is 24.0 Å². The number of piperazine rings is 1. The fourth-order valence-corrected chi connectivity index (χ4v) is 4.88. The normalized spacial score (nSPS) is 13.7. The molecule has 0 spiro atoms. The first-order chi connectivity index (χ1) is 16.1. The molecular weight excluding hydrogens is 460 g/mol. The Morgan fingerprint density at radius 3 is 2.44 bits per heavy atom. The first-order valence-corrected chi connectivity index (χ1v) is 11.8. The van der Waals surface area contributed by atoms with Gasteiger partial charge >= 0.3 is 5.97 Å². The predicted molar refractivity (Wildman–Crippen MR) is 130 cm³/mol. The van der Waals surface area contributed by atoms with E-state index >= 15 is 0 Å². The maximum Gasteiger partial charge on any atom is 0.341 e. The summed E-state index contributed by atoms with van der Waals surface area (Å²) in [6.45, 7) is 7.42. The van der Waals surface area contributed by atoms with Gasteiger partial charge in [-0.15, -0.1) is 11.3 Å². The third-order valence-electron chi connectivity index (χ3n) is 5.61. The van der Waals surface area contributed by atoms with Gasteiger partial charge in [-0.3, -0.25) is 19.7 Å². The number of methoxy groups -OCH3 is 1. The number of amides is 2. The summed E-state index contributed by atoms with van der Waals surface area (Å²) in [5.74, 6) is -0.830. The van der Waals surface area contributed by atoms with Gasteiger partial charge in [0.15, 0.2) is 0 Å². The topological polar surface area (TPSA) is 122 Å². The summed E-state index contributed by atoms with van der Waals surface area (Å²) in [5.41, 5.74) is 1.41. The summed E-state index contributed by atoms with van der Waals surface area (Å²) < 4.78 is 4.90. The Bertz CT molecular complexity index is 1100. The van der Waals surface area contributed by atoms with Gasteiger partial charge in [0.05, 0.1) is 17.6 Å². The zero-order chi connectivity index (χ0) is 25.0. The maximum atomic E-state index is 13.0. The average molecular weight is 489 g/mol. The lowest BCUT2D eigenvalue weighted by atomic mass is 10.0. The Morgan fingerprint density at radius 2 is 1.88 bits per heavy atom. The molecule has 0 atom stereocenters. The summed E-state index contributed by atoms with van der Waals surface area (Å²) in [6, 6.07) is 4.31. The highest BCUT2D eigenvalue weighted by atomic mass is 32.1. The zero-order valence-corrected chi connectivity index (χ0v) is 20.4. The smallest absolute Gasteiger partial charge is 0.341 e. The molecule has 0 bridgehead atoms. The van der Waals surface area contributed by atoms with E-state index in [4.69, 9.17) is 4.74 Å². The second-order valence-electron chi connectivity index (χ2n) is 8.46. The molecule has 3 rings (SSSR count). The summed E-state index contributed by atoms with van der Waals surface area (Å²) >= 11 is 1.22. The van der Waals surface area contributed by atoms with Gasteiger partial charge in [-0.25, -0.2) is 4.79 Å². The number of thiophene rings is 1. The third kappa shape index (κ3) is 5.53. The van der Waals surface area contributed by atoms with E-state index in [-0.39, 0.29) is 17.2 Å². The molecule has 0 aliphatic carbocycles. The number of anilines is 2. The van der Waals surface area contributed by atoms with Crippen molar-refractivity contribution in [3.05, 3.63) is 50.4 Å². The Morgan fingerprint density at radius 1 is 1.21 bits per heavy atom. The van der Waals surface area contributed by atoms with Gasteiger partial charge in [-0.2, -0.15) is 0 Å².